The van der Waals surface area contributed by atoms with E-state index in [1.165, 1.54) is 12.1 Å². The van der Waals surface area contributed by atoms with Crippen LogP contribution in [0.3, 0.4) is 0 Å². The molecular formula is C41H44ClN7O5. The monoisotopic (exact) mass is 749 g/mol. The summed E-state index contributed by atoms with van der Waals surface area (Å²) in [5.74, 6) is -0.0473. The van der Waals surface area contributed by atoms with Crippen LogP contribution in [-0.2, 0) is 17.8 Å². The van der Waals surface area contributed by atoms with Gasteiger partial charge in [0.15, 0.2) is 0 Å². The van der Waals surface area contributed by atoms with Gasteiger partial charge in [-0.1, -0.05) is 56.3 Å². The third kappa shape index (κ3) is 7.20. The third-order valence-corrected chi connectivity index (χ3v) is 11.1. The molecule has 0 spiro atoms. The van der Waals surface area contributed by atoms with Gasteiger partial charge in [0.25, 0.3) is 5.91 Å². The molecule has 4 heterocycles. The van der Waals surface area contributed by atoms with E-state index in [0.717, 1.165) is 33.5 Å². The quantitative estimate of drug-likeness (QED) is 0.194. The molecule has 1 aromatic heterocycles. The van der Waals surface area contributed by atoms with Gasteiger partial charge in [-0.15, -0.1) is 0 Å². The summed E-state index contributed by atoms with van der Waals surface area (Å²) >= 11 is 6.74. The van der Waals surface area contributed by atoms with Gasteiger partial charge in [-0.05, 0) is 54.0 Å². The van der Waals surface area contributed by atoms with E-state index in [0.29, 0.717) is 69.2 Å². The molecule has 0 aliphatic carbocycles. The van der Waals surface area contributed by atoms with Crippen LogP contribution in [0.4, 0.5) is 11.5 Å². The number of halogens is 1. The Balaban J connectivity index is 1.14. The highest BCUT2D eigenvalue weighted by molar-refractivity contribution is 6.36. The number of aromatic nitrogens is 2. The maximum absolute atomic E-state index is 13.5. The average molecular weight is 750 g/mol. The lowest BCUT2D eigenvalue weighted by Crippen LogP contribution is -2.55. The molecule has 13 heteroatoms. The summed E-state index contributed by atoms with van der Waals surface area (Å²) < 4.78 is 6.35. The second kappa shape index (κ2) is 15.4. The minimum absolute atomic E-state index is 0.00338. The maximum Gasteiger partial charge on any atom is 0.318 e. The van der Waals surface area contributed by atoms with Crippen LogP contribution < -0.4 is 14.5 Å². The Morgan fingerprint density at radius 3 is 2.61 bits per heavy atom. The summed E-state index contributed by atoms with van der Waals surface area (Å²) in [7, 11) is 0. The van der Waals surface area contributed by atoms with Gasteiger partial charge in [-0.25, -0.2) is 0 Å². The summed E-state index contributed by atoms with van der Waals surface area (Å²) in [4.78, 5) is 43.9. The summed E-state index contributed by atoms with van der Waals surface area (Å²) in [6.07, 6.45) is 2.84. The molecule has 2 atom stereocenters. The molecule has 12 nitrogen and oxygen atoms in total. The number of hydrogen-bond acceptors (Lipinski definition) is 10. The van der Waals surface area contributed by atoms with Crippen LogP contribution in [0.25, 0.3) is 10.8 Å². The number of benzene rings is 3. The summed E-state index contributed by atoms with van der Waals surface area (Å²) in [5, 5.41) is 33.2. The van der Waals surface area contributed by atoms with E-state index >= 15 is 0 Å². The molecular weight excluding hydrogens is 706 g/mol. The number of phenolic OH excluding ortho intramolecular Hbond substituents is 2. The zero-order valence-electron chi connectivity index (χ0n) is 30.5. The SMILES string of the molecule is C=CC(=O)N1CCN(c2nc(OCC3CCN(C(=O)c4cc(C(C)C)c(O)cc4O)C3)nc3c2CCN(c2cccc4cccc(Cl)c24)C3)C[C@@H]1CC#N. The number of hydrogen-bond donors (Lipinski definition) is 2. The van der Waals surface area contributed by atoms with Crippen LogP contribution in [0, 0.1) is 17.2 Å². The fourth-order valence-electron chi connectivity index (χ4n) is 7.94. The Bertz CT molecular complexity index is 2150. The van der Waals surface area contributed by atoms with Crippen LogP contribution >= 0.6 is 11.6 Å². The van der Waals surface area contributed by atoms with Gasteiger partial charge in [-0.3, -0.25) is 9.59 Å². The van der Waals surface area contributed by atoms with Crippen molar-refractivity contribution in [3.8, 4) is 23.6 Å². The molecule has 3 aromatic carbocycles. The van der Waals surface area contributed by atoms with Gasteiger partial charge in [-0.2, -0.15) is 15.2 Å². The lowest BCUT2D eigenvalue weighted by molar-refractivity contribution is -0.128. The first-order valence-electron chi connectivity index (χ1n) is 18.4. The van der Waals surface area contributed by atoms with Gasteiger partial charge in [0.1, 0.15) is 17.3 Å². The number of nitrogens with zero attached hydrogens (tertiary/aromatic N) is 7. The molecule has 3 aliphatic heterocycles. The number of ether oxygens (including phenoxy) is 1. The number of fused-ring (bicyclic) bond motifs is 2. The Labute approximate surface area is 319 Å². The van der Waals surface area contributed by atoms with Crippen molar-refractivity contribution in [1.82, 2.24) is 19.8 Å². The molecule has 2 N–H and O–H groups in total. The van der Waals surface area contributed by atoms with Crippen molar-refractivity contribution < 1.29 is 24.5 Å². The van der Waals surface area contributed by atoms with E-state index in [4.69, 9.17) is 26.3 Å². The second-order valence-electron chi connectivity index (χ2n) is 14.5. The minimum atomic E-state index is -0.325. The van der Waals surface area contributed by atoms with Crippen molar-refractivity contribution in [2.24, 2.45) is 5.92 Å². The van der Waals surface area contributed by atoms with Crippen molar-refractivity contribution in [3.63, 3.8) is 0 Å². The number of anilines is 2. The molecule has 3 aliphatic rings. The molecule has 54 heavy (non-hydrogen) atoms. The average Bonchev–Trinajstić information content (AvgIpc) is 3.65. The first-order valence-corrected chi connectivity index (χ1v) is 18.8. The van der Waals surface area contributed by atoms with E-state index in [9.17, 15) is 25.1 Å². The lowest BCUT2D eigenvalue weighted by Gasteiger charge is -2.42. The van der Waals surface area contributed by atoms with E-state index in [1.54, 1.807) is 15.9 Å². The first kappa shape index (κ1) is 36.8. The molecule has 4 aromatic rings. The number of rotatable bonds is 9. The zero-order valence-corrected chi connectivity index (χ0v) is 31.3. The molecule has 0 bridgehead atoms. The van der Waals surface area contributed by atoms with Crippen molar-refractivity contribution in [1.29, 1.82) is 5.26 Å². The van der Waals surface area contributed by atoms with E-state index in [1.807, 2.05) is 32.0 Å². The summed E-state index contributed by atoms with van der Waals surface area (Å²) in [5.41, 5.74) is 3.63. The van der Waals surface area contributed by atoms with Gasteiger partial charge in [0.2, 0.25) is 5.91 Å². The molecule has 2 fully saturated rings. The number of carbonyl (C=O) groups is 2. The summed E-state index contributed by atoms with van der Waals surface area (Å²) in [6, 6.07) is 17.0. The number of piperazine rings is 1. The molecule has 280 valence electrons. The van der Waals surface area contributed by atoms with Gasteiger partial charge in [0.05, 0.1) is 48.0 Å². The van der Waals surface area contributed by atoms with Crippen molar-refractivity contribution in [2.75, 3.05) is 55.7 Å². The predicted molar refractivity (Wildman–Crippen MR) is 207 cm³/mol. The fourth-order valence-corrected chi connectivity index (χ4v) is 8.22. The Morgan fingerprint density at radius 1 is 1.06 bits per heavy atom. The Morgan fingerprint density at radius 2 is 1.85 bits per heavy atom. The van der Waals surface area contributed by atoms with Crippen LogP contribution in [0.5, 0.6) is 17.5 Å². The number of aromatic hydroxyl groups is 2. The highest BCUT2D eigenvalue weighted by Gasteiger charge is 2.34. The third-order valence-electron chi connectivity index (χ3n) is 10.8. The number of likely N-dealkylation sites (tertiary alicyclic amines) is 1. The molecule has 0 saturated carbocycles. The molecule has 1 unspecified atom stereocenters. The second-order valence-corrected chi connectivity index (χ2v) is 14.9. The normalized spacial score (nSPS) is 18.5. The van der Waals surface area contributed by atoms with Gasteiger partial charge < -0.3 is 34.5 Å². The van der Waals surface area contributed by atoms with Crippen molar-refractivity contribution >= 4 is 45.7 Å². The minimum Gasteiger partial charge on any atom is -0.508 e. The largest absolute Gasteiger partial charge is 0.508 e. The number of nitriles is 1. The predicted octanol–water partition coefficient (Wildman–Crippen LogP) is 6.04. The molecule has 7 rings (SSSR count). The Kier molecular flexibility index (Phi) is 10.5. The van der Waals surface area contributed by atoms with Crippen LogP contribution in [0.2, 0.25) is 5.02 Å². The first-order chi connectivity index (χ1) is 26.1. The van der Waals surface area contributed by atoms with Gasteiger partial charge in [0, 0.05) is 67.9 Å². The van der Waals surface area contributed by atoms with E-state index in [-0.39, 0.29) is 65.8 Å². The van der Waals surface area contributed by atoms with Crippen LogP contribution in [-0.4, -0.2) is 93.7 Å². The molecule has 2 amide bonds. The van der Waals surface area contributed by atoms with Crippen molar-refractivity contribution in [3.05, 3.63) is 88.6 Å². The van der Waals surface area contributed by atoms with E-state index < -0.39 is 0 Å². The van der Waals surface area contributed by atoms with Crippen LogP contribution in [0.1, 0.15) is 59.8 Å². The van der Waals surface area contributed by atoms with Crippen molar-refractivity contribution in [2.45, 2.75) is 51.6 Å². The van der Waals surface area contributed by atoms with E-state index in [2.05, 4.69) is 40.6 Å². The smallest absolute Gasteiger partial charge is 0.318 e. The van der Waals surface area contributed by atoms with Gasteiger partial charge >= 0.3 is 6.01 Å². The molecule has 0 radical (unpaired) electrons. The highest BCUT2D eigenvalue weighted by atomic mass is 35.5. The Hall–Kier alpha value is -5.54. The topological polar surface area (TPSA) is 146 Å². The lowest BCUT2D eigenvalue weighted by atomic mass is 9.98. The fraction of sp³-hybridized carbons (Fsp3) is 0.390. The number of phenols is 2. The number of amides is 2. The van der Waals surface area contributed by atoms with Crippen LogP contribution in [0.15, 0.2) is 61.2 Å². The number of carbonyl (C=O) groups excluding carboxylic acids is 2. The standard InChI is InChI=1S/C41H44ClN7O5/c1-4-37(52)49-18-17-47(22-28(49)11-14-43)39-29-13-16-46(34-10-6-8-27-7-5-9-32(42)38(27)34)23-33(29)44-41(45-39)54-24-26-12-15-48(21-26)40(53)31-19-30(25(2)3)35(50)20-36(31)51/h4-10,19-20,25-26,28,50-51H,1,11-13,15-18,21-24H2,2-3H3/t26?,28-/m0/s1. The molecule has 2 saturated heterocycles. The summed E-state index contributed by atoms with van der Waals surface area (Å²) in [6.45, 7) is 11.3. The maximum atomic E-state index is 13.5. The zero-order chi connectivity index (χ0) is 38.1. The highest BCUT2D eigenvalue weighted by Crippen LogP contribution is 2.38.